The van der Waals surface area contributed by atoms with Crippen LogP contribution in [0.15, 0.2) is 36.5 Å². The normalized spacial score (nSPS) is 10.0. The number of nitrogen functional groups attached to an aromatic ring is 1. The summed E-state index contributed by atoms with van der Waals surface area (Å²) < 4.78 is 18.9. The fourth-order valence-electron chi connectivity index (χ4n) is 1.74. The van der Waals surface area contributed by atoms with E-state index in [0.29, 0.717) is 0 Å². The number of anilines is 1. The van der Waals surface area contributed by atoms with Gasteiger partial charge in [0.05, 0.1) is 12.7 Å². The molecular formula is C14H15FN4O2. The molecule has 0 atom stereocenters. The standard InChI is InChI=1S/C14H15FN4O2/c1-21-10-4-2-9(3-5-10)8-18-14(20)11-6-7-17-13(19-16)12(11)15/h2-7H,8,16H2,1H3,(H,17,19)(H,18,20). The van der Waals surface area contributed by atoms with Gasteiger partial charge >= 0.3 is 0 Å². The second-order valence-electron chi connectivity index (χ2n) is 4.20. The fourth-order valence-corrected chi connectivity index (χ4v) is 1.74. The molecule has 0 saturated carbocycles. The number of benzene rings is 1. The second-order valence-corrected chi connectivity index (χ2v) is 4.20. The predicted molar refractivity (Wildman–Crippen MR) is 76.2 cm³/mol. The van der Waals surface area contributed by atoms with Crippen molar-refractivity contribution in [1.29, 1.82) is 0 Å². The Kier molecular flexibility index (Phi) is 4.68. The number of pyridine rings is 1. The molecule has 1 aromatic carbocycles. The van der Waals surface area contributed by atoms with Gasteiger partial charge in [0.2, 0.25) is 0 Å². The van der Waals surface area contributed by atoms with E-state index in [1.807, 2.05) is 12.1 Å². The number of halogens is 1. The monoisotopic (exact) mass is 290 g/mol. The molecule has 2 aromatic rings. The molecule has 1 heterocycles. The van der Waals surface area contributed by atoms with E-state index >= 15 is 0 Å². The predicted octanol–water partition coefficient (Wildman–Crippen LogP) is 1.44. The molecule has 110 valence electrons. The molecule has 4 N–H and O–H groups in total. The SMILES string of the molecule is COc1ccc(CNC(=O)c2ccnc(NN)c2F)cc1. The van der Waals surface area contributed by atoms with E-state index in [-0.39, 0.29) is 17.9 Å². The van der Waals surface area contributed by atoms with E-state index in [1.165, 1.54) is 12.3 Å². The lowest BCUT2D eigenvalue weighted by atomic mass is 10.2. The molecule has 0 aliphatic carbocycles. The summed E-state index contributed by atoms with van der Waals surface area (Å²) in [6.07, 6.45) is 1.31. The molecule has 0 saturated heterocycles. The highest BCUT2D eigenvalue weighted by Gasteiger charge is 2.15. The summed E-state index contributed by atoms with van der Waals surface area (Å²) in [7, 11) is 1.58. The molecule has 6 nitrogen and oxygen atoms in total. The third kappa shape index (κ3) is 3.46. The third-order valence-electron chi connectivity index (χ3n) is 2.88. The van der Waals surface area contributed by atoms with Gasteiger partial charge in [-0.15, -0.1) is 0 Å². The van der Waals surface area contributed by atoms with Crippen LogP contribution in [0.3, 0.4) is 0 Å². The van der Waals surface area contributed by atoms with Crippen LogP contribution < -0.4 is 21.3 Å². The molecule has 0 spiro atoms. The van der Waals surface area contributed by atoms with Gasteiger partial charge in [-0.1, -0.05) is 12.1 Å². The van der Waals surface area contributed by atoms with E-state index in [9.17, 15) is 9.18 Å². The topological polar surface area (TPSA) is 89.3 Å². The lowest BCUT2D eigenvalue weighted by molar-refractivity contribution is 0.0947. The zero-order chi connectivity index (χ0) is 15.2. The number of nitrogens with zero attached hydrogens (tertiary/aromatic N) is 1. The summed E-state index contributed by atoms with van der Waals surface area (Å²) in [5.41, 5.74) is 2.85. The van der Waals surface area contributed by atoms with Crippen LogP contribution in [-0.4, -0.2) is 18.0 Å². The second kappa shape index (κ2) is 6.67. The number of aromatic nitrogens is 1. The Morgan fingerprint density at radius 1 is 1.33 bits per heavy atom. The molecule has 1 aromatic heterocycles. The number of carbonyl (C=O) groups is 1. The van der Waals surface area contributed by atoms with Crippen LogP contribution in [0, 0.1) is 5.82 Å². The number of amides is 1. The summed E-state index contributed by atoms with van der Waals surface area (Å²) in [4.78, 5) is 15.6. The number of ether oxygens (including phenoxy) is 1. The number of hydrogen-bond acceptors (Lipinski definition) is 5. The van der Waals surface area contributed by atoms with Crippen LogP contribution in [0.25, 0.3) is 0 Å². The van der Waals surface area contributed by atoms with E-state index in [0.717, 1.165) is 11.3 Å². The average Bonchev–Trinajstić information content (AvgIpc) is 2.53. The van der Waals surface area contributed by atoms with Gasteiger partial charge in [0.1, 0.15) is 5.75 Å². The quantitative estimate of drug-likeness (QED) is 0.573. The highest BCUT2D eigenvalue weighted by Crippen LogP contribution is 2.14. The lowest BCUT2D eigenvalue weighted by Crippen LogP contribution is -2.24. The van der Waals surface area contributed by atoms with Crippen LogP contribution in [0.5, 0.6) is 5.75 Å². The maximum Gasteiger partial charge on any atom is 0.254 e. The largest absolute Gasteiger partial charge is 0.497 e. The van der Waals surface area contributed by atoms with Crippen molar-refractivity contribution in [2.75, 3.05) is 12.5 Å². The highest BCUT2D eigenvalue weighted by atomic mass is 19.1. The average molecular weight is 290 g/mol. The Balaban J connectivity index is 2.04. The Morgan fingerprint density at radius 2 is 2.05 bits per heavy atom. The van der Waals surface area contributed by atoms with Crippen molar-refractivity contribution < 1.29 is 13.9 Å². The van der Waals surface area contributed by atoms with Crippen LogP contribution in [-0.2, 0) is 6.54 Å². The van der Waals surface area contributed by atoms with Crippen molar-refractivity contribution in [3.8, 4) is 5.75 Å². The first-order valence-electron chi connectivity index (χ1n) is 6.18. The summed E-state index contributed by atoms with van der Waals surface area (Å²) in [6, 6.07) is 8.49. The summed E-state index contributed by atoms with van der Waals surface area (Å²) in [5, 5.41) is 2.63. The first kappa shape index (κ1) is 14.7. The zero-order valence-corrected chi connectivity index (χ0v) is 11.4. The van der Waals surface area contributed by atoms with Crippen LogP contribution in [0.2, 0.25) is 0 Å². The van der Waals surface area contributed by atoms with E-state index in [4.69, 9.17) is 10.6 Å². The summed E-state index contributed by atoms with van der Waals surface area (Å²) in [6.45, 7) is 0.274. The Bertz CT molecular complexity index is 631. The Hall–Kier alpha value is -2.67. The van der Waals surface area contributed by atoms with Gasteiger partial charge in [0.25, 0.3) is 5.91 Å². The van der Waals surface area contributed by atoms with E-state index in [1.54, 1.807) is 19.2 Å². The number of methoxy groups -OCH3 is 1. The molecule has 0 aliphatic rings. The fraction of sp³-hybridized carbons (Fsp3) is 0.143. The van der Waals surface area contributed by atoms with E-state index in [2.05, 4.69) is 15.7 Å². The molecule has 2 rings (SSSR count). The number of nitrogens with two attached hydrogens (primary N) is 1. The van der Waals surface area contributed by atoms with Crippen molar-refractivity contribution >= 4 is 11.7 Å². The molecule has 0 radical (unpaired) electrons. The Labute approximate surface area is 121 Å². The van der Waals surface area contributed by atoms with Crippen LogP contribution in [0.4, 0.5) is 10.2 Å². The number of hydrazine groups is 1. The number of hydrogen-bond donors (Lipinski definition) is 3. The smallest absolute Gasteiger partial charge is 0.254 e. The summed E-state index contributed by atoms with van der Waals surface area (Å²) in [5.74, 6) is 4.34. The minimum absolute atomic E-state index is 0.119. The first-order valence-corrected chi connectivity index (χ1v) is 6.18. The molecule has 7 heteroatoms. The number of rotatable bonds is 5. The van der Waals surface area contributed by atoms with Gasteiger partial charge in [0, 0.05) is 12.7 Å². The minimum Gasteiger partial charge on any atom is -0.497 e. The van der Waals surface area contributed by atoms with Crippen molar-refractivity contribution in [1.82, 2.24) is 10.3 Å². The van der Waals surface area contributed by atoms with Crippen molar-refractivity contribution in [3.63, 3.8) is 0 Å². The molecule has 0 fully saturated rings. The van der Waals surface area contributed by atoms with Crippen LogP contribution in [0.1, 0.15) is 15.9 Å². The third-order valence-corrected chi connectivity index (χ3v) is 2.88. The zero-order valence-electron chi connectivity index (χ0n) is 11.4. The van der Waals surface area contributed by atoms with Gasteiger partial charge in [-0.25, -0.2) is 15.2 Å². The van der Waals surface area contributed by atoms with Gasteiger partial charge in [-0.2, -0.15) is 0 Å². The van der Waals surface area contributed by atoms with Crippen molar-refractivity contribution in [2.45, 2.75) is 6.54 Å². The minimum atomic E-state index is -0.785. The Morgan fingerprint density at radius 3 is 2.67 bits per heavy atom. The first-order chi connectivity index (χ1) is 10.2. The van der Waals surface area contributed by atoms with Crippen molar-refractivity contribution in [2.24, 2.45) is 5.84 Å². The van der Waals surface area contributed by atoms with Gasteiger partial charge in [-0.05, 0) is 23.8 Å². The van der Waals surface area contributed by atoms with Gasteiger partial charge in [-0.3, -0.25) is 4.79 Å². The maximum atomic E-state index is 13.9. The molecule has 1 amide bonds. The van der Waals surface area contributed by atoms with Gasteiger partial charge in [0.15, 0.2) is 11.6 Å². The maximum absolute atomic E-state index is 13.9. The van der Waals surface area contributed by atoms with E-state index < -0.39 is 11.7 Å². The van der Waals surface area contributed by atoms with Crippen LogP contribution >= 0.6 is 0 Å². The molecular weight excluding hydrogens is 275 g/mol. The van der Waals surface area contributed by atoms with Crippen molar-refractivity contribution in [3.05, 3.63) is 53.5 Å². The molecule has 21 heavy (non-hydrogen) atoms. The molecule has 0 aliphatic heterocycles. The summed E-state index contributed by atoms with van der Waals surface area (Å²) >= 11 is 0. The lowest BCUT2D eigenvalue weighted by Gasteiger charge is -2.08. The van der Waals surface area contributed by atoms with Gasteiger partial charge < -0.3 is 15.5 Å². The molecule has 0 unspecified atom stereocenters. The highest BCUT2D eigenvalue weighted by molar-refractivity contribution is 5.95. The number of carbonyl (C=O) groups excluding carboxylic acids is 1. The molecule has 0 bridgehead atoms. The number of nitrogens with one attached hydrogen (secondary N) is 2.